The molecule has 7 heteroatoms. The fraction of sp³-hybridized carbons (Fsp3) is 0.312. The topological polar surface area (TPSA) is 81.3 Å². The van der Waals surface area contributed by atoms with Gasteiger partial charge in [-0.05, 0) is 25.0 Å². The van der Waals surface area contributed by atoms with Crippen LogP contribution in [0.25, 0.3) is 0 Å². The van der Waals surface area contributed by atoms with Crippen LogP contribution in [0.2, 0.25) is 5.02 Å². The van der Waals surface area contributed by atoms with Crippen LogP contribution < -0.4 is 15.4 Å². The van der Waals surface area contributed by atoms with Crippen LogP contribution in [-0.2, 0) is 0 Å². The van der Waals surface area contributed by atoms with Gasteiger partial charge in [-0.2, -0.15) is 0 Å². The van der Waals surface area contributed by atoms with Gasteiger partial charge in [-0.15, -0.1) is 0 Å². The van der Waals surface area contributed by atoms with Crippen molar-refractivity contribution in [1.82, 2.24) is 9.97 Å². The molecule has 0 spiro atoms. The molecular weight excluding hydrogens is 316 g/mol. The number of hydrogen-bond acceptors (Lipinski definition) is 5. The van der Waals surface area contributed by atoms with Gasteiger partial charge < -0.3 is 15.4 Å². The number of rotatable bonds is 4. The molecule has 1 aliphatic rings. The standard InChI is InChI=1S/C16H17ClN4O2/c17-12-5-1-2-6-14(12)23-11-4-3-7-21(10-11)15-9-19-13(8-20-15)16(18)22/h1-2,5-6,8-9,11H,3-4,7,10H2,(H2,18,22). The molecule has 0 bridgehead atoms. The summed E-state index contributed by atoms with van der Waals surface area (Å²) in [5.41, 5.74) is 5.34. The summed E-state index contributed by atoms with van der Waals surface area (Å²) < 4.78 is 6.00. The molecule has 0 saturated carbocycles. The molecule has 2 aromatic rings. The minimum atomic E-state index is -0.581. The molecule has 0 aliphatic carbocycles. The van der Waals surface area contributed by atoms with Gasteiger partial charge in [0.2, 0.25) is 0 Å². The first-order chi connectivity index (χ1) is 11.1. The smallest absolute Gasteiger partial charge is 0.268 e. The van der Waals surface area contributed by atoms with Gasteiger partial charge in [0.25, 0.3) is 5.91 Å². The number of amides is 1. The molecule has 0 radical (unpaired) electrons. The Morgan fingerprint density at radius 3 is 2.83 bits per heavy atom. The largest absolute Gasteiger partial charge is 0.487 e. The van der Waals surface area contributed by atoms with Gasteiger partial charge in [0.05, 0.1) is 24.0 Å². The van der Waals surface area contributed by atoms with E-state index in [1.807, 2.05) is 24.3 Å². The number of halogens is 1. The molecule has 1 amide bonds. The summed E-state index contributed by atoms with van der Waals surface area (Å²) in [4.78, 5) is 21.4. The number of nitrogens with zero attached hydrogens (tertiary/aromatic N) is 3. The highest BCUT2D eigenvalue weighted by Crippen LogP contribution is 2.27. The molecule has 2 N–H and O–H groups in total. The number of carbonyl (C=O) groups is 1. The van der Waals surface area contributed by atoms with Crippen molar-refractivity contribution in [3.63, 3.8) is 0 Å². The summed E-state index contributed by atoms with van der Waals surface area (Å²) in [6.07, 6.45) is 4.93. The monoisotopic (exact) mass is 332 g/mol. The van der Waals surface area contributed by atoms with Gasteiger partial charge >= 0.3 is 0 Å². The minimum Gasteiger partial charge on any atom is -0.487 e. The zero-order chi connectivity index (χ0) is 16.2. The Kier molecular flexibility index (Phi) is 4.62. The maximum Gasteiger partial charge on any atom is 0.268 e. The molecule has 3 rings (SSSR count). The third kappa shape index (κ3) is 3.71. The number of carbonyl (C=O) groups excluding carboxylic acids is 1. The number of hydrogen-bond donors (Lipinski definition) is 1. The van der Waals surface area contributed by atoms with Crippen molar-refractivity contribution in [2.75, 3.05) is 18.0 Å². The van der Waals surface area contributed by atoms with Crippen molar-refractivity contribution in [3.8, 4) is 5.75 Å². The number of piperidine rings is 1. The van der Waals surface area contributed by atoms with Crippen LogP contribution in [0.4, 0.5) is 5.82 Å². The molecule has 1 atom stereocenters. The lowest BCUT2D eigenvalue weighted by Gasteiger charge is -2.33. The van der Waals surface area contributed by atoms with E-state index < -0.39 is 5.91 Å². The van der Waals surface area contributed by atoms with E-state index >= 15 is 0 Å². The molecule has 1 fully saturated rings. The van der Waals surface area contributed by atoms with Crippen LogP contribution in [0.3, 0.4) is 0 Å². The Labute approximate surface area is 139 Å². The minimum absolute atomic E-state index is 0.0290. The Bertz CT molecular complexity index is 693. The molecule has 1 aliphatic heterocycles. The van der Waals surface area contributed by atoms with Gasteiger partial charge in [-0.1, -0.05) is 23.7 Å². The lowest BCUT2D eigenvalue weighted by Crippen LogP contribution is -2.41. The maximum atomic E-state index is 11.0. The van der Waals surface area contributed by atoms with Gasteiger partial charge in [-0.25, -0.2) is 9.97 Å². The summed E-state index contributed by atoms with van der Waals surface area (Å²) in [6.45, 7) is 1.56. The molecule has 23 heavy (non-hydrogen) atoms. The lowest BCUT2D eigenvalue weighted by atomic mass is 10.1. The Morgan fingerprint density at radius 1 is 1.30 bits per heavy atom. The molecule has 1 aromatic heterocycles. The van der Waals surface area contributed by atoms with Crippen molar-refractivity contribution in [3.05, 3.63) is 47.4 Å². The Morgan fingerprint density at radius 2 is 2.13 bits per heavy atom. The predicted octanol–water partition coefficient (Wildman–Crippen LogP) is 2.28. The number of anilines is 1. The first-order valence-corrected chi connectivity index (χ1v) is 7.79. The first kappa shape index (κ1) is 15.6. The summed E-state index contributed by atoms with van der Waals surface area (Å²) >= 11 is 6.14. The number of aromatic nitrogens is 2. The van der Waals surface area contributed by atoms with E-state index in [1.54, 1.807) is 6.20 Å². The SMILES string of the molecule is NC(=O)c1cnc(N2CCCC(Oc3ccccc3Cl)C2)cn1. The Balaban J connectivity index is 1.68. The van der Waals surface area contributed by atoms with Gasteiger partial charge in [0.1, 0.15) is 23.4 Å². The van der Waals surface area contributed by atoms with Crippen LogP contribution in [0, 0.1) is 0 Å². The molecular formula is C16H17ClN4O2. The first-order valence-electron chi connectivity index (χ1n) is 7.41. The zero-order valence-electron chi connectivity index (χ0n) is 12.5. The van der Waals surface area contributed by atoms with Gasteiger partial charge in [0, 0.05) is 6.54 Å². The van der Waals surface area contributed by atoms with E-state index in [2.05, 4.69) is 14.9 Å². The quantitative estimate of drug-likeness (QED) is 0.928. The van der Waals surface area contributed by atoms with E-state index in [1.165, 1.54) is 6.20 Å². The fourth-order valence-electron chi connectivity index (χ4n) is 2.57. The van der Waals surface area contributed by atoms with Crippen molar-refractivity contribution >= 4 is 23.3 Å². The van der Waals surface area contributed by atoms with E-state index in [4.69, 9.17) is 22.1 Å². The number of primary amides is 1. The summed E-state index contributed by atoms with van der Waals surface area (Å²) in [6, 6.07) is 7.45. The van der Waals surface area contributed by atoms with Crippen molar-refractivity contribution in [2.24, 2.45) is 5.73 Å². The maximum absolute atomic E-state index is 11.0. The molecule has 1 unspecified atom stereocenters. The average Bonchev–Trinajstić information content (AvgIpc) is 2.57. The average molecular weight is 333 g/mol. The second-order valence-electron chi connectivity index (χ2n) is 5.38. The van der Waals surface area contributed by atoms with Gasteiger partial charge in [-0.3, -0.25) is 4.79 Å². The molecule has 120 valence electrons. The van der Waals surface area contributed by atoms with Crippen molar-refractivity contribution < 1.29 is 9.53 Å². The van der Waals surface area contributed by atoms with Crippen LogP contribution in [0.15, 0.2) is 36.7 Å². The summed E-state index contributed by atoms with van der Waals surface area (Å²) in [5.74, 6) is 0.821. The number of para-hydroxylation sites is 1. The van der Waals surface area contributed by atoms with Crippen LogP contribution in [0.5, 0.6) is 5.75 Å². The predicted molar refractivity (Wildman–Crippen MR) is 87.9 cm³/mol. The van der Waals surface area contributed by atoms with Crippen LogP contribution in [0.1, 0.15) is 23.3 Å². The second-order valence-corrected chi connectivity index (χ2v) is 5.79. The Hall–Kier alpha value is -2.34. The molecule has 1 saturated heterocycles. The summed E-state index contributed by atoms with van der Waals surface area (Å²) in [5, 5.41) is 0.607. The van der Waals surface area contributed by atoms with E-state index in [-0.39, 0.29) is 11.8 Å². The lowest BCUT2D eigenvalue weighted by molar-refractivity contribution is 0.0995. The third-order valence-electron chi connectivity index (χ3n) is 3.72. The molecule has 6 nitrogen and oxygen atoms in total. The number of nitrogens with two attached hydrogens (primary N) is 1. The van der Waals surface area contributed by atoms with Crippen LogP contribution in [-0.4, -0.2) is 35.1 Å². The normalized spacial score (nSPS) is 17.8. The third-order valence-corrected chi connectivity index (χ3v) is 4.04. The highest BCUT2D eigenvalue weighted by atomic mass is 35.5. The summed E-state index contributed by atoms with van der Waals surface area (Å²) in [7, 11) is 0. The molecule has 2 heterocycles. The number of benzene rings is 1. The molecule has 1 aromatic carbocycles. The fourth-order valence-corrected chi connectivity index (χ4v) is 2.75. The highest BCUT2D eigenvalue weighted by molar-refractivity contribution is 6.32. The number of ether oxygens (including phenoxy) is 1. The van der Waals surface area contributed by atoms with Crippen LogP contribution >= 0.6 is 11.6 Å². The second kappa shape index (κ2) is 6.83. The van der Waals surface area contributed by atoms with E-state index in [0.717, 1.165) is 19.4 Å². The highest BCUT2D eigenvalue weighted by Gasteiger charge is 2.23. The van der Waals surface area contributed by atoms with E-state index in [0.29, 0.717) is 23.1 Å². The van der Waals surface area contributed by atoms with E-state index in [9.17, 15) is 4.79 Å². The van der Waals surface area contributed by atoms with Crippen molar-refractivity contribution in [1.29, 1.82) is 0 Å². The van der Waals surface area contributed by atoms with Gasteiger partial charge in [0.15, 0.2) is 0 Å². The van der Waals surface area contributed by atoms with Crippen molar-refractivity contribution in [2.45, 2.75) is 18.9 Å². The zero-order valence-corrected chi connectivity index (χ0v) is 13.2.